The van der Waals surface area contributed by atoms with Crippen molar-refractivity contribution in [3.05, 3.63) is 29.3 Å². The molecule has 1 aromatic carbocycles. The summed E-state index contributed by atoms with van der Waals surface area (Å²) in [5, 5.41) is 3.87. The third kappa shape index (κ3) is 4.98. The average Bonchev–Trinajstić information content (AvgIpc) is 2.48. The monoisotopic (exact) mass is 359 g/mol. The molecule has 2 heterocycles. The molecule has 0 spiro atoms. The van der Waals surface area contributed by atoms with E-state index in [0.29, 0.717) is 12.5 Å². The normalized spacial score (nSPS) is 18.9. The van der Waals surface area contributed by atoms with Crippen LogP contribution < -0.4 is 10.1 Å². The molecule has 0 aromatic heterocycles. The smallest absolute Gasteiger partial charge is 0.228 e. The topological polar surface area (TPSA) is 44.8 Å². The second-order valence-corrected chi connectivity index (χ2v) is 6.26. The first kappa shape index (κ1) is 18.3. The number of piperazine rings is 1. The summed E-state index contributed by atoms with van der Waals surface area (Å²) in [4.78, 5) is 16.5. The van der Waals surface area contributed by atoms with Gasteiger partial charge in [-0.1, -0.05) is 11.6 Å². The Hall–Kier alpha value is -1.01. The minimum atomic E-state index is 0. The van der Waals surface area contributed by atoms with Crippen LogP contribution in [0.2, 0.25) is 5.02 Å². The Morgan fingerprint density at radius 2 is 1.83 bits per heavy atom. The maximum absolute atomic E-state index is 12.1. The summed E-state index contributed by atoms with van der Waals surface area (Å²) < 4.78 is 5.71. The third-order valence-electron chi connectivity index (χ3n) is 4.30. The molecule has 7 heteroatoms. The average molecular weight is 360 g/mol. The van der Waals surface area contributed by atoms with Crippen molar-refractivity contribution in [2.75, 3.05) is 52.4 Å². The van der Waals surface area contributed by atoms with Crippen molar-refractivity contribution in [2.24, 2.45) is 5.92 Å². The van der Waals surface area contributed by atoms with Crippen molar-refractivity contribution < 1.29 is 9.53 Å². The SMILES string of the molecule is Cl.O=C(C1CNC1)N1CCN(CCOc2ccc(Cl)cc2)CC1. The number of benzene rings is 1. The molecule has 1 aromatic rings. The molecule has 0 saturated carbocycles. The molecule has 2 saturated heterocycles. The maximum atomic E-state index is 12.1. The summed E-state index contributed by atoms with van der Waals surface area (Å²) >= 11 is 5.84. The van der Waals surface area contributed by atoms with Gasteiger partial charge in [-0.05, 0) is 24.3 Å². The molecule has 1 amide bonds. The van der Waals surface area contributed by atoms with Crippen LogP contribution in [-0.2, 0) is 4.79 Å². The van der Waals surface area contributed by atoms with Gasteiger partial charge in [-0.25, -0.2) is 0 Å². The molecule has 2 aliphatic heterocycles. The summed E-state index contributed by atoms with van der Waals surface area (Å²) in [5.41, 5.74) is 0. The first-order valence-corrected chi connectivity index (χ1v) is 8.20. The number of carbonyl (C=O) groups is 1. The lowest BCUT2D eigenvalue weighted by Gasteiger charge is -2.38. The molecule has 128 valence electrons. The fourth-order valence-corrected chi connectivity index (χ4v) is 2.86. The molecule has 5 nitrogen and oxygen atoms in total. The number of nitrogens with zero attached hydrogens (tertiary/aromatic N) is 2. The molecule has 0 radical (unpaired) electrons. The summed E-state index contributed by atoms with van der Waals surface area (Å²) in [6, 6.07) is 7.42. The molecule has 3 rings (SSSR count). The van der Waals surface area contributed by atoms with Crippen molar-refractivity contribution in [2.45, 2.75) is 0 Å². The first-order chi connectivity index (χ1) is 10.7. The second kappa shape index (κ2) is 8.73. The summed E-state index contributed by atoms with van der Waals surface area (Å²) in [7, 11) is 0. The fraction of sp³-hybridized carbons (Fsp3) is 0.562. The predicted molar refractivity (Wildman–Crippen MR) is 93.6 cm³/mol. The van der Waals surface area contributed by atoms with E-state index in [1.54, 1.807) is 0 Å². The second-order valence-electron chi connectivity index (χ2n) is 5.82. The number of rotatable bonds is 5. The zero-order valence-electron chi connectivity index (χ0n) is 13.0. The van der Waals surface area contributed by atoms with Gasteiger partial charge < -0.3 is 15.0 Å². The molecule has 0 atom stereocenters. The molecule has 1 N–H and O–H groups in total. The van der Waals surface area contributed by atoms with Crippen LogP contribution in [0.4, 0.5) is 0 Å². The van der Waals surface area contributed by atoms with Gasteiger partial charge in [0.25, 0.3) is 0 Å². The first-order valence-electron chi connectivity index (χ1n) is 7.82. The Bertz CT molecular complexity index is 501. The van der Waals surface area contributed by atoms with E-state index in [-0.39, 0.29) is 18.3 Å². The van der Waals surface area contributed by atoms with E-state index in [1.807, 2.05) is 29.2 Å². The van der Waals surface area contributed by atoms with Gasteiger partial charge in [-0.3, -0.25) is 9.69 Å². The van der Waals surface area contributed by atoms with Gasteiger partial charge >= 0.3 is 0 Å². The van der Waals surface area contributed by atoms with E-state index in [1.165, 1.54) is 0 Å². The molecular formula is C16H23Cl2N3O2. The number of hydrogen-bond donors (Lipinski definition) is 1. The van der Waals surface area contributed by atoms with Gasteiger partial charge in [0, 0.05) is 50.8 Å². The zero-order chi connectivity index (χ0) is 15.4. The molecule has 0 unspecified atom stereocenters. The van der Waals surface area contributed by atoms with Gasteiger partial charge in [-0.2, -0.15) is 0 Å². The van der Waals surface area contributed by atoms with E-state index >= 15 is 0 Å². The number of hydrogen-bond acceptors (Lipinski definition) is 4. The van der Waals surface area contributed by atoms with Crippen molar-refractivity contribution in [1.82, 2.24) is 15.1 Å². The maximum Gasteiger partial charge on any atom is 0.228 e. The van der Waals surface area contributed by atoms with E-state index in [2.05, 4.69) is 10.2 Å². The number of ether oxygens (including phenoxy) is 1. The minimum absolute atomic E-state index is 0. The van der Waals surface area contributed by atoms with Gasteiger partial charge in [0.05, 0.1) is 5.92 Å². The highest BCUT2D eigenvalue weighted by Gasteiger charge is 2.30. The van der Waals surface area contributed by atoms with E-state index in [0.717, 1.165) is 56.6 Å². The van der Waals surface area contributed by atoms with Crippen molar-refractivity contribution in [3.8, 4) is 5.75 Å². The van der Waals surface area contributed by atoms with Crippen LogP contribution in [0.25, 0.3) is 0 Å². The highest BCUT2D eigenvalue weighted by molar-refractivity contribution is 6.30. The van der Waals surface area contributed by atoms with Gasteiger partial charge in [-0.15, -0.1) is 12.4 Å². The third-order valence-corrected chi connectivity index (χ3v) is 4.56. The van der Waals surface area contributed by atoms with E-state index in [4.69, 9.17) is 16.3 Å². The van der Waals surface area contributed by atoms with Crippen LogP contribution in [0, 0.1) is 5.92 Å². The van der Waals surface area contributed by atoms with Crippen LogP contribution in [0.1, 0.15) is 0 Å². The van der Waals surface area contributed by atoms with Crippen LogP contribution in [0.5, 0.6) is 5.75 Å². The number of amides is 1. The Kier molecular flexibility index (Phi) is 6.96. The lowest BCUT2D eigenvalue weighted by Crippen LogP contribution is -2.56. The van der Waals surface area contributed by atoms with Crippen LogP contribution >= 0.6 is 24.0 Å². The molecule has 0 aliphatic carbocycles. The van der Waals surface area contributed by atoms with Gasteiger partial charge in [0.2, 0.25) is 5.91 Å². The van der Waals surface area contributed by atoms with Crippen LogP contribution in [-0.4, -0.2) is 68.1 Å². The van der Waals surface area contributed by atoms with Gasteiger partial charge in [0.1, 0.15) is 12.4 Å². The van der Waals surface area contributed by atoms with Crippen molar-refractivity contribution >= 4 is 29.9 Å². The highest BCUT2D eigenvalue weighted by Crippen LogP contribution is 2.15. The molecule has 23 heavy (non-hydrogen) atoms. The van der Waals surface area contributed by atoms with E-state index in [9.17, 15) is 4.79 Å². The number of carbonyl (C=O) groups excluding carboxylic acids is 1. The number of halogens is 2. The van der Waals surface area contributed by atoms with Crippen molar-refractivity contribution in [3.63, 3.8) is 0 Å². The Balaban J connectivity index is 0.00000192. The van der Waals surface area contributed by atoms with Crippen molar-refractivity contribution in [1.29, 1.82) is 0 Å². The Labute approximate surface area is 148 Å². The summed E-state index contributed by atoms with van der Waals surface area (Å²) in [6.07, 6.45) is 0. The van der Waals surface area contributed by atoms with Gasteiger partial charge in [0.15, 0.2) is 0 Å². The molecule has 2 aliphatic rings. The molecule has 2 fully saturated rings. The lowest BCUT2D eigenvalue weighted by molar-refractivity contribution is -0.138. The standard InChI is InChI=1S/C16H22ClN3O2.ClH/c17-14-1-3-15(4-2-14)22-10-9-19-5-7-20(8-6-19)16(21)13-11-18-12-13;/h1-4,13,18H,5-12H2;1H. The summed E-state index contributed by atoms with van der Waals surface area (Å²) in [6.45, 7) is 6.73. The molecular weight excluding hydrogens is 337 g/mol. The molecule has 0 bridgehead atoms. The Morgan fingerprint density at radius 1 is 1.17 bits per heavy atom. The van der Waals surface area contributed by atoms with E-state index < -0.39 is 0 Å². The van der Waals surface area contributed by atoms with Crippen LogP contribution in [0.3, 0.4) is 0 Å². The largest absolute Gasteiger partial charge is 0.492 e. The zero-order valence-corrected chi connectivity index (χ0v) is 14.6. The van der Waals surface area contributed by atoms with Crippen LogP contribution in [0.15, 0.2) is 24.3 Å². The Morgan fingerprint density at radius 3 is 2.39 bits per heavy atom. The quantitative estimate of drug-likeness (QED) is 0.865. The highest BCUT2D eigenvalue weighted by atomic mass is 35.5. The minimum Gasteiger partial charge on any atom is -0.492 e. The predicted octanol–water partition coefficient (Wildman–Crippen LogP) is 1.50. The summed E-state index contributed by atoms with van der Waals surface area (Å²) in [5.74, 6) is 1.37. The number of nitrogens with one attached hydrogen (secondary N) is 1. The fourth-order valence-electron chi connectivity index (χ4n) is 2.74. The lowest BCUT2D eigenvalue weighted by atomic mass is 10.0.